The van der Waals surface area contributed by atoms with Crippen LogP contribution >= 0.6 is 0 Å². The van der Waals surface area contributed by atoms with E-state index in [-0.39, 0.29) is 0 Å². The lowest BCUT2D eigenvalue weighted by Crippen LogP contribution is -2.01. The summed E-state index contributed by atoms with van der Waals surface area (Å²) in [5, 5.41) is 10.6. The van der Waals surface area contributed by atoms with Gasteiger partial charge in [0.1, 0.15) is 0 Å². The highest BCUT2D eigenvalue weighted by Gasteiger charge is 2.23. The van der Waals surface area contributed by atoms with Crippen LogP contribution in [0.4, 0.5) is 5.69 Å². The van der Waals surface area contributed by atoms with E-state index in [1.165, 1.54) is 0 Å². The molecule has 6 heterocycles. The van der Waals surface area contributed by atoms with Gasteiger partial charge in [0.15, 0.2) is 0 Å². The number of hydrogen-bond donors (Lipinski definition) is 0. The smallest absolute Gasteiger partial charge is 0.0991 e. The van der Waals surface area contributed by atoms with Crippen molar-refractivity contribution >= 4 is 35.5 Å². The van der Waals surface area contributed by atoms with Crippen LogP contribution in [-0.4, -0.2) is 46.6 Å². The van der Waals surface area contributed by atoms with Gasteiger partial charge in [-0.2, -0.15) is 5.26 Å². The van der Waals surface area contributed by atoms with Crippen LogP contribution in [0.15, 0.2) is 284 Å². The van der Waals surface area contributed by atoms with Gasteiger partial charge in [0, 0.05) is 74.0 Å². The Morgan fingerprint density at radius 1 is 0.330 bits per heavy atom. The number of nitriles is 1. The standard InChI is InChI=1S/C78H50N10/c1-80-65-42-41-61(77-73(56-21-9-4-10-22-56)85-74(58-34-30-52(50-79)31-35-58)71(87-77)54-17-5-2-6-18-54)47-60(65)36-29-51-27-32-57(33-28-51)75-72(55-19-7-3-8-20-55)86-76(78(88-75)64-43-46-83-66-24-12-11-23-63(64)66)59-39-37-53(38-40-59)62-48-69(67-25-13-15-44-81-67)84-70(49-62)68-26-14-16-45-82-68/h2-49H,1H2/b36-29+. The number of aliphatic imine (C=N–C) groups is 1. The second-order valence-electron chi connectivity index (χ2n) is 20.9. The molecular formula is C78H50N10. The van der Waals surface area contributed by atoms with Gasteiger partial charge in [-0.3, -0.25) is 19.9 Å². The average molecular weight is 1130 g/mol. The van der Waals surface area contributed by atoms with E-state index in [2.05, 4.69) is 137 Å². The fourth-order valence-electron chi connectivity index (χ4n) is 11.0. The van der Waals surface area contributed by atoms with Crippen molar-refractivity contribution in [1.82, 2.24) is 39.9 Å². The minimum Gasteiger partial charge on any atom is -0.264 e. The third-order valence-corrected chi connectivity index (χ3v) is 15.4. The number of pyridine rings is 4. The largest absolute Gasteiger partial charge is 0.264 e. The van der Waals surface area contributed by atoms with Crippen LogP contribution in [0.5, 0.6) is 0 Å². The van der Waals surface area contributed by atoms with Gasteiger partial charge in [-0.15, -0.1) is 0 Å². The van der Waals surface area contributed by atoms with E-state index >= 15 is 0 Å². The van der Waals surface area contributed by atoms with Crippen LogP contribution in [0.3, 0.4) is 0 Å². The molecule has 0 saturated carbocycles. The summed E-state index contributed by atoms with van der Waals surface area (Å²) in [6.07, 6.45) is 9.56. The maximum absolute atomic E-state index is 9.63. The molecule has 0 amide bonds. The lowest BCUT2D eigenvalue weighted by atomic mass is 9.96. The number of hydrogen-bond acceptors (Lipinski definition) is 10. The third-order valence-electron chi connectivity index (χ3n) is 15.4. The molecule has 0 saturated heterocycles. The van der Waals surface area contributed by atoms with Gasteiger partial charge in [-0.05, 0) is 96.2 Å². The summed E-state index contributed by atoms with van der Waals surface area (Å²) in [6.45, 7) is 3.96. The molecule has 8 aromatic carbocycles. The SMILES string of the molecule is C=Nc1ccc(-c2nc(-c3ccccc3)c(-c3ccc(C#N)cc3)nc2-c2ccccc2)cc1/C=C/c1ccc(-c2nc(-c3ccnc4ccccc34)c(-c3ccc(-c4cc(-c5ccccn5)nc(-c5ccccn5)c4)cc3)nc2-c2ccccc2)cc1. The van der Waals surface area contributed by atoms with Crippen molar-refractivity contribution in [2.45, 2.75) is 0 Å². The van der Waals surface area contributed by atoms with E-state index in [4.69, 9.17) is 29.9 Å². The topological polar surface area (TPSA) is 139 Å². The molecule has 0 fully saturated rings. The Labute approximate surface area is 509 Å². The number of para-hydroxylation sites is 1. The summed E-state index contributed by atoms with van der Waals surface area (Å²) in [7, 11) is 0. The minimum absolute atomic E-state index is 0.571. The Morgan fingerprint density at radius 2 is 0.773 bits per heavy atom. The first-order chi connectivity index (χ1) is 43.5. The summed E-state index contributed by atoms with van der Waals surface area (Å²) < 4.78 is 0. The number of aromatic nitrogens is 8. The van der Waals surface area contributed by atoms with E-state index in [1.54, 1.807) is 12.4 Å². The molecule has 6 aromatic heterocycles. The highest BCUT2D eigenvalue weighted by atomic mass is 14.9. The van der Waals surface area contributed by atoms with Crippen molar-refractivity contribution in [2.24, 2.45) is 4.99 Å². The molecular weight excluding hydrogens is 1080 g/mol. The van der Waals surface area contributed by atoms with Crippen LogP contribution in [0, 0.1) is 11.3 Å². The summed E-state index contributed by atoms with van der Waals surface area (Å²) in [4.78, 5) is 45.8. The summed E-state index contributed by atoms with van der Waals surface area (Å²) in [6, 6.07) is 89.3. The fourth-order valence-corrected chi connectivity index (χ4v) is 11.0. The van der Waals surface area contributed by atoms with Crippen molar-refractivity contribution < 1.29 is 0 Å². The molecule has 88 heavy (non-hydrogen) atoms. The van der Waals surface area contributed by atoms with Gasteiger partial charge in [0.2, 0.25) is 0 Å². The number of rotatable bonds is 14. The fraction of sp³-hybridized carbons (Fsp3) is 0. The van der Waals surface area contributed by atoms with Crippen LogP contribution in [0.1, 0.15) is 16.7 Å². The molecule has 0 N–H and O–H groups in total. The van der Waals surface area contributed by atoms with Crippen LogP contribution in [0.2, 0.25) is 0 Å². The van der Waals surface area contributed by atoms with Crippen LogP contribution in [0.25, 0.3) is 147 Å². The molecule has 10 heteroatoms. The summed E-state index contributed by atoms with van der Waals surface area (Å²) in [5.41, 5.74) is 22.0. The number of benzene rings is 8. The maximum Gasteiger partial charge on any atom is 0.0991 e. The lowest BCUT2D eigenvalue weighted by Gasteiger charge is -2.17. The molecule has 412 valence electrons. The van der Waals surface area contributed by atoms with Crippen molar-refractivity contribution in [3.05, 3.63) is 296 Å². The molecule has 14 rings (SSSR count). The third kappa shape index (κ3) is 10.9. The van der Waals surface area contributed by atoms with Gasteiger partial charge < -0.3 is 0 Å². The first-order valence-electron chi connectivity index (χ1n) is 28.7. The Hall–Kier alpha value is -12.3. The zero-order chi connectivity index (χ0) is 59.2. The van der Waals surface area contributed by atoms with Crippen molar-refractivity contribution in [3.63, 3.8) is 0 Å². The molecule has 0 aliphatic carbocycles. The Bertz CT molecular complexity index is 4880. The highest BCUT2D eigenvalue weighted by molar-refractivity contribution is 5.99. The van der Waals surface area contributed by atoms with E-state index in [9.17, 15) is 5.26 Å². The van der Waals surface area contributed by atoms with Crippen molar-refractivity contribution in [1.29, 1.82) is 5.26 Å². The normalized spacial score (nSPS) is 11.2. The van der Waals surface area contributed by atoms with Crippen molar-refractivity contribution in [3.8, 4) is 130 Å². The Balaban J connectivity index is 0.853. The van der Waals surface area contributed by atoms with Crippen molar-refractivity contribution in [2.75, 3.05) is 0 Å². The molecule has 0 radical (unpaired) electrons. The minimum atomic E-state index is 0.571. The molecule has 0 aliphatic rings. The molecule has 0 aliphatic heterocycles. The van der Waals surface area contributed by atoms with E-state index in [0.29, 0.717) is 17.0 Å². The molecule has 0 bridgehead atoms. The maximum atomic E-state index is 9.63. The van der Waals surface area contributed by atoms with Gasteiger partial charge in [0.25, 0.3) is 0 Å². The number of fused-ring (bicyclic) bond motifs is 1. The second-order valence-corrected chi connectivity index (χ2v) is 20.9. The van der Waals surface area contributed by atoms with Gasteiger partial charge >= 0.3 is 0 Å². The zero-order valence-corrected chi connectivity index (χ0v) is 47.4. The lowest BCUT2D eigenvalue weighted by molar-refractivity contribution is 1.21. The first kappa shape index (κ1) is 53.7. The monoisotopic (exact) mass is 1130 g/mol. The Morgan fingerprint density at radius 3 is 1.30 bits per heavy atom. The Kier molecular flexibility index (Phi) is 14.7. The van der Waals surface area contributed by atoms with Gasteiger partial charge in [-0.1, -0.05) is 200 Å². The van der Waals surface area contributed by atoms with E-state index in [0.717, 1.165) is 140 Å². The average Bonchev–Trinajstić information content (AvgIpc) is 0.987. The summed E-state index contributed by atoms with van der Waals surface area (Å²) >= 11 is 0. The predicted octanol–water partition coefficient (Wildman–Crippen LogP) is 18.7. The van der Waals surface area contributed by atoms with E-state index < -0.39 is 0 Å². The molecule has 0 atom stereocenters. The molecule has 10 nitrogen and oxygen atoms in total. The summed E-state index contributed by atoms with van der Waals surface area (Å²) in [5.74, 6) is 0. The van der Waals surface area contributed by atoms with Crippen LogP contribution < -0.4 is 0 Å². The van der Waals surface area contributed by atoms with Crippen LogP contribution in [-0.2, 0) is 0 Å². The zero-order valence-electron chi connectivity index (χ0n) is 47.4. The van der Waals surface area contributed by atoms with E-state index in [1.807, 2.05) is 170 Å². The number of nitrogens with zero attached hydrogens (tertiary/aromatic N) is 10. The quantitative estimate of drug-likeness (QED) is 0.0769. The highest BCUT2D eigenvalue weighted by Crippen LogP contribution is 2.42. The molecule has 0 unspecified atom stereocenters. The molecule has 0 spiro atoms. The first-order valence-corrected chi connectivity index (χ1v) is 28.7. The molecule has 14 aromatic rings. The second kappa shape index (κ2) is 24.1. The van der Waals surface area contributed by atoms with Gasteiger partial charge in [-0.25, -0.2) is 24.9 Å². The van der Waals surface area contributed by atoms with Gasteiger partial charge in [0.05, 0.1) is 91.2 Å². The predicted molar refractivity (Wildman–Crippen MR) is 355 cm³/mol.